The van der Waals surface area contributed by atoms with Crippen molar-refractivity contribution in [1.82, 2.24) is 30.4 Å². The van der Waals surface area contributed by atoms with Crippen molar-refractivity contribution in [1.29, 1.82) is 0 Å². The molecule has 218 valence electrons. The Hall–Kier alpha value is -4.50. The lowest BCUT2D eigenvalue weighted by atomic mass is 9.49. The van der Waals surface area contributed by atoms with Crippen molar-refractivity contribution in [3.05, 3.63) is 64.0 Å². The molecule has 12 nitrogen and oxygen atoms in total. The number of aryl methyl sites for hydroxylation is 1. The second-order valence-electron chi connectivity index (χ2n) is 9.78. The number of ether oxygens (including phenoxy) is 2. The van der Waals surface area contributed by atoms with E-state index in [0.29, 0.717) is 65.4 Å². The molecule has 1 aliphatic rings. The van der Waals surface area contributed by atoms with Gasteiger partial charge in [0.25, 0.3) is 11.8 Å². The van der Waals surface area contributed by atoms with Crippen LogP contribution in [-0.2, 0) is 4.74 Å². The van der Waals surface area contributed by atoms with Crippen LogP contribution in [0.4, 0.5) is 27.4 Å². The zero-order chi connectivity index (χ0) is 31.4. The first kappa shape index (κ1) is 30.9. The number of anilines is 4. The van der Waals surface area contributed by atoms with Crippen LogP contribution in [0.25, 0.3) is 11.3 Å². The summed E-state index contributed by atoms with van der Waals surface area (Å²) in [5, 5.41) is 16.5. The van der Waals surface area contributed by atoms with E-state index in [9.17, 15) is 14.0 Å². The number of methoxy groups -OCH3 is 1. The number of rotatable bonds is 9. The Morgan fingerprint density at radius 1 is 1.09 bits per heavy atom. The first-order chi connectivity index (χ1) is 21.0. The van der Waals surface area contributed by atoms with Crippen molar-refractivity contribution >= 4 is 69.7 Å². The Bertz CT molecular complexity index is 1700. The molecule has 5 rings (SSSR count). The summed E-state index contributed by atoms with van der Waals surface area (Å²) in [6.07, 6.45) is 1.07. The van der Waals surface area contributed by atoms with Crippen LogP contribution in [-0.4, -0.2) is 99.1 Å². The molecule has 3 N–H and O–H groups in total. The Morgan fingerprint density at radius 2 is 1.86 bits per heavy atom. The van der Waals surface area contributed by atoms with Crippen LogP contribution in [0.3, 0.4) is 0 Å². The van der Waals surface area contributed by atoms with Gasteiger partial charge in [0.2, 0.25) is 0 Å². The minimum Gasteiger partial charge on any atom is -0.494 e. The maximum absolute atomic E-state index is 13.7. The van der Waals surface area contributed by atoms with Gasteiger partial charge in [-0.25, -0.2) is 14.4 Å². The van der Waals surface area contributed by atoms with E-state index in [0.717, 1.165) is 6.20 Å². The van der Waals surface area contributed by atoms with Gasteiger partial charge in [0.15, 0.2) is 22.3 Å². The molecule has 44 heavy (non-hydrogen) atoms. The minimum atomic E-state index is -2.03. The highest BCUT2D eigenvalue weighted by molar-refractivity contribution is 7.12. The number of carbonyl (C=O) groups excluding carboxylic acids is 2. The Labute approximate surface area is 260 Å². The van der Waals surface area contributed by atoms with Gasteiger partial charge in [-0.3, -0.25) is 9.59 Å². The number of para-hydroxylation sites is 1. The number of halogens is 1. The largest absolute Gasteiger partial charge is 0.494 e. The van der Waals surface area contributed by atoms with E-state index >= 15 is 0 Å². The van der Waals surface area contributed by atoms with Crippen LogP contribution in [0.2, 0.25) is 0 Å². The molecule has 0 atom stereocenters. The zero-order valence-corrected chi connectivity index (χ0v) is 24.6. The average Bonchev–Trinajstić information content (AvgIpc) is 3.48. The van der Waals surface area contributed by atoms with Gasteiger partial charge in [0.1, 0.15) is 11.6 Å². The molecular weight excluding hydrogens is 584 g/mol. The van der Waals surface area contributed by atoms with Crippen LogP contribution < -0.4 is 20.7 Å². The number of aromatic nitrogens is 4. The van der Waals surface area contributed by atoms with Gasteiger partial charge in [0.05, 0.1) is 67.1 Å². The Balaban J connectivity index is 1.48. The van der Waals surface area contributed by atoms with Gasteiger partial charge in [-0.1, -0.05) is 11.3 Å². The highest BCUT2D eigenvalue weighted by Gasteiger charge is 2.24. The van der Waals surface area contributed by atoms with Crippen molar-refractivity contribution in [2.45, 2.75) is 12.2 Å². The van der Waals surface area contributed by atoms with Crippen LogP contribution in [0.5, 0.6) is 5.75 Å². The fourth-order valence-electron chi connectivity index (χ4n) is 4.31. The number of benzene rings is 1. The van der Waals surface area contributed by atoms with Crippen LogP contribution >= 0.6 is 11.3 Å². The van der Waals surface area contributed by atoms with E-state index in [1.807, 2.05) is 0 Å². The molecule has 3 aromatic heterocycles. The summed E-state index contributed by atoms with van der Waals surface area (Å²) < 4.78 is 24.8. The first-order valence-corrected chi connectivity index (χ1v) is 14.1. The number of nitrogens with one attached hydrogen (secondary N) is 3. The topological polar surface area (TPSA) is 143 Å². The van der Waals surface area contributed by atoms with Gasteiger partial charge in [0, 0.05) is 30.1 Å². The van der Waals surface area contributed by atoms with Gasteiger partial charge in [-0.2, -0.15) is 0 Å². The molecule has 0 bridgehead atoms. The molecule has 0 aliphatic carbocycles. The maximum Gasteiger partial charge on any atom is 0.283 e. The normalized spacial score (nSPS) is 13.3. The summed E-state index contributed by atoms with van der Waals surface area (Å²) in [7, 11) is 18.2. The molecule has 6 radical (unpaired) electrons. The summed E-state index contributed by atoms with van der Waals surface area (Å²) in [5.41, 5.74) is 1.90. The lowest BCUT2D eigenvalue weighted by Crippen LogP contribution is -2.50. The highest BCUT2D eigenvalue weighted by atomic mass is 32.1. The number of hydrogen-bond acceptors (Lipinski definition) is 11. The fraction of sp³-hybridized carbons (Fsp3) is 0.259. The van der Waals surface area contributed by atoms with Crippen molar-refractivity contribution < 1.29 is 23.5 Å². The molecule has 1 aromatic carbocycles. The minimum absolute atomic E-state index is 0.167. The number of thiazole rings is 1. The number of amides is 2. The van der Waals surface area contributed by atoms with E-state index < -0.39 is 17.0 Å². The third-order valence-electron chi connectivity index (χ3n) is 6.39. The average molecular weight is 608 g/mol. The number of pyridine rings is 1. The quantitative estimate of drug-likeness (QED) is 0.242. The highest BCUT2D eigenvalue weighted by Crippen LogP contribution is 2.39. The lowest BCUT2D eigenvalue weighted by Gasteiger charge is -2.25. The summed E-state index contributed by atoms with van der Waals surface area (Å²) in [6.45, 7) is 3.56. The van der Waals surface area contributed by atoms with Crippen molar-refractivity contribution in [3.63, 3.8) is 0 Å². The van der Waals surface area contributed by atoms with Gasteiger partial charge < -0.3 is 30.3 Å². The van der Waals surface area contributed by atoms with Crippen molar-refractivity contribution in [3.8, 4) is 17.0 Å². The molecule has 1 aliphatic heterocycles. The summed E-state index contributed by atoms with van der Waals surface area (Å²) in [4.78, 5) is 36.3. The monoisotopic (exact) mass is 608 g/mol. The molecule has 2 amide bonds. The summed E-state index contributed by atoms with van der Waals surface area (Å²) in [6, 6.07) is 8.25. The SMILES string of the molecule is [B]C([B])([B])NC(=O)c1nnc(Nc2cc(C)c(F)cn2)cc1Nc1cccc(-c2csc(C(=O)N3CCOCC3)n2)c1OC. The van der Waals surface area contributed by atoms with E-state index in [-0.39, 0.29) is 23.1 Å². The molecular formula is C27H24B3FN8O4S. The van der Waals surface area contributed by atoms with E-state index in [1.54, 1.807) is 35.4 Å². The number of morpholine rings is 1. The second kappa shape index (κ2) is 13.0. The second-order valence-corrected chi connectivity index (χ2v) is 10.6. The number of hydrogen-bond donors (Lipinski definition) is 3. The Morgan fingerprint density at radius 3 is 2.57 bits per heavy atom. The molecule has 0 saturated carbocycles. The van der Waals surface area contributed by atoms with Gasteiger partial charge in [-0.05, 0) is 30.7 Å². The molecule has 0 unspecified atom stereocenters. The predicted molar refractivity (Wildman–Crippen MR) is 166 cm³/mol. The number of carbonyl (C=O) groups is 2. The van der Waals surface area contributed by atoms with Crippen LogP contribution in [0, 0.1) is 12.7 Å². The standard InChI is InChI=1S/C27H24B3FN8O4S/c1-14-10-20(32-12-16(14)31)35-21-11-18(22(38-37-21)24(40)36-27(28,29)30)33-17-5-3-4-15(23(17)42-2)19-13-44-25(34-19)26(41)39-6-8-43-9-7-39/h3-5,10-13H,6-9H2,1-2H3,(H,36,40)(H2,32,33,35,37). The molecule has 17 heteroatoms. The molecule has 1 fully saturated rings. The van der Waals surface area contributed by atoms with Gasteiger partial charge in [-0.15, -0.1) is 21.5 Å². The smallest absolute Gasteiger partial charge is 0.283 e. The summed E-state index contributed by atoms with van der Waals surface area (Å²) >= 11 is 1.23. The third-order valence-corrected chi connectivity index (χ3v) is 7.22. The predicted octanol–water partition coefficient (Wildman–Crippen LogP) is 2.26. The number of nitrogens with zero attached hydrogens (tertiary/aromatic N) is 5. The molecule has 0 spiro atoms. The Kier molecular flexibility index (Phi) is 9.15. The van der Waals surface area contributed by atoms with E-state index in [4.69, 9.17) is 33.0 Å². The van der Waals surface area contributed by atoms with Crippen molar-refractivity contribution in [2.75, 3.05) is 44.0 Å². The lowest BCUT2D eigenvalue weighted by molar-refractivity contribution is 0.0302. The first-order valence-electron chi connectivity index (χ1n) is 13.3. The van der Waals surface area contributed by atoms with E-state index in [1.165, 1.54) is 30.6 Å². The molecule has 4 aromatic rings. The molecule has 1 saturated heterocycles. The van der Waals surface area contributed by atoms with Crippen LogP contribution in [0.15, 0.2) is 41.9 Å². The maximum atomic E-state index is 13.7. The van der Waals surface area contributed by atoms with Crippen LogP contribution in [0.1, 0.15) is 25.9 Å². The molecule has 4 heterocycles. The third kappa shape index (κ3) is 7.17. The summed E-state index contributed by atoms with van der Waals surface area (Å²) in [5.74, 6) is -0.578. The zero-order valence-electron chi connectivity index (χ0n) is 23.8. The van der Waals surface area contributed by atoms with E-state index in [2.05, 4.69) is 36.1 Å². The van der Waals surface area contributed by atoms with Crippen molar-refractivity contribution in [2.24, 2.45) is 0 Å². The fourth-order valence-corrected chi connectivity index (χ4v) is 5.09. The van der Waals surface area contributed by atoms with Gasteiger partial charge >= 0.3 is 0 Å².